The van der Waals surface area contributed by atoms with E-state index in [4.69, 9.17) is 4.74 Å². The first-order chi connectivity index (χ1) is 7.18. The summed E-state index contributed by atoms with van der Waals surface area (Å²) >= 11 is 6.84. The van der Waals surface area contributed by atoms with E-state index in [0.29, 0.717) is 10.4 Å². The molecule has 1 aromatic carbocycles. The van der Waals surface area contributed by atoms with E-state index >= 15 is 0 Å². The molecule has 0 saturated carbocycles. The number of alkyl halides is 1. The molecule has 0 aliphatic carbocycles. The number of hydrogen-bond acceptors (Lipinski definition) is 1. The van der Waals surface area contributed by atoms with Gasteiger partial charge in [0.05, 0.1) is 11.1 Å². The molecule has 1 aliphatic rings. The van der Waals surface area contributed by atoms with E-state index in [-0.39, 0.29) is 10.6 Å². The van der Waals surface area contributed by atoms with Crippen molar-refractivity contribution < 1.29 is 9.13 Å². The van der Waals surface area contributed by atoms with Crippen LogP contribution in [0, 0.1) is 11.7 Å². The summed E-state index contributed by atoms with van der Waals surface area (Å²) in [5.74, 6) is 0.267. The van der Waals surface area contributed by atoms with E-state index in [1.54, 1.807) is 0 Å². The molecule has 1 saturated heterocycles. The third-order valence-corrected chi connectivity index (χ3v) is 4.52. The van der Waals surface area contributed by atoms with E-state index < -0.39 is 0 Å². The molecule has 1 heterocycles. The molecular formula is C11H11Br2FO. The maximum absolute atomic E-state index is 13.1. The van der Waals surface area contributed by atoms with E-state index in [1.807, 2.05) is 12.1 Å². The number of hydrogen-bond donors (Lipinski definition) is 0. The van der Waals surface area contributed by atoms with Crippen molar-refractivity contribution >= 4 is 31.9 Å². The summed E-state index contributed by atoms with van der Waals surface area (Å²) in [4.78, 5) is 0.247. The van der Waals surface area contributed by atoms with Crippen LogP contribution in [-0.2, 0) is 4.74 Å². The predicted molar refractivity (Wildman–Crippen MR) is 64.7 cm³/mol. The van der Waals surface area contributed by atoms with Crippen LogP contribution in [0.1, 0.15) is 16.8 Å². The molecule has 2 unspecified atom stereocenters. The molecule has 0 spiro atoms. The lowest BCUT2D eigenvalue weighted by Gasteiger charge is -2.16. The lowest BCUT2D eigenvalue weighted by atomic mass is 9.99. The highest BCUT2D eigenvalue weighted by atomic mass is 79.9. The largest absolute Gasteiger partial charge is 0.381 e. The van der Waals surface area contributed by atoms with Gasteiger partial charge in [-0.05, 0) is 40.0 Å². The second-order valence-electron chi connectivity index (χ2n) is 3.70. The standard InChI is InChI=1S/C11H11Br2FO/c12-9-5-7(1-2-10(9)14)11(13)8-3-4-15-6-8/h1-2,5,8,11H,3-4,6H2. The van der Waals surface area contributed by atoms with E-state index in [1.165, 1.54) is 6.07 Å². The molecule has 1 fully saturated rings. The molecular weight excluding hydrogens is 327 g/mol. The summed E-state index contributed by atoms with van der Waals surface area (Å²) in [6, 6.07) is 5.13. The van der Waals surface area contributed by atoms with Crippen LogP contribution in [0.5, 0.6) is 0 Å². The fraction of sp³-hybridized carbons (Fsp3) is 0.455. The second-order valence-corrected chi connectivity index (χ2v) is 5.54. The van der Waals surface area contributed by atoms with Crippen molar-refractivity contribution in [3.63, 3.8) is 0 Å². The number of rotatable bonds is 2. The number of ether oxygens (including phenoxy) is 1. The first-order valence-corrected chi connectivity index (χ1v) is 6.56. The van der Waals surface area contributed by atoms with Crippen molar-refractivity contribution in [1.82, 2.24) is 0 Å². The summed E-state index contributed by atoms with van der Waals surface area (Å²) < 4.78 is 18.9. The van der Waals surface area contributed by atoms with Crippen molar-refractivity contribution in [1.29, 1.82) is 0 Å². The normalized spacial score (nSPS) is 23.0. The first kappa shape index (κ1) is 11.6. The summed E-state index contributed by atoms with van der Waals surface area (Å²) in [6.07, 6.45) is 1.06. The van der Waals surface area contributed by atoms with Gasteiger partial charge in [-0.3, -0.25) is 0 Å². The fourth-order valence-electron chi connectivity index (χ4n) is 1.74. The lowest BCUT2D eigenvalue weighted by molar-refractivity contribution is 0.185. The minimum Gasteiger partial charge on any atom is -0.381 e. The van der Waals surface area contributed by atoms with Gasteiger partial charge in [-0.25, -0.2) is 4.39 Å². The number of benzene rings is 1. The van der Waals surface area contributed by atoms with Gasteiger partial charge < -0.3 is 4.74 Å². The summed E-state index contributed by atoms with van der Waals surface area (Å²) in [5, 5.41) is 0. The third-order valence-electron chi connectivity index (χ3n) is 2.64. The summed E-state index contributed by atoms with van der Waals surface area (Å²) in [5.41, 5.74) is 1.10. The number of halogens is 3. The van der Waals surface area contributed by atoms with Gasteiger partial charge in [0, 0.05) is 17.4 Å². The van der Waals surface area contributed by atoms with Crippen LogP contribution >= 0.6 is 31.9 Å². The molecule has 82 valence electrons. The smallest absolute Gasteiger partial charge is 0.137 e. The molecule has 1 nitrogen and oxygen atoms in total. The van der Waals surface area contributed by atoms with Crippen LogP contribution in [0.15, 0.2) is 22.7 Å². The van der Waals surface area contributed by atoms with Crippen molar-refractivity contribution in [3.8, 4) is 0 Å². The van der Waals surface area contributed by atoms with Gasteiger partial charge >= 0.3 is 0 Å². The Labute approximate surface area is 105 Å². The molecule has 1 aromatic rings. The van der Waals surface area contributed by atoms with Crippen LogP contribution in [0.3, 0.4) is 0 Å². The van der Waals surface area contributed by atoms with E-state index in [0.717, 1.165) is 25.2 Å². The molecule has 0 amide bonds. The van der Waals surface area contributed by atoms with E-state index in [2.05, 4.69) is 31.9 Å². The van der Waals surface area contributed by atoms with Crippen LogP contribution in [0.2, 0.25) is 0 Å². The van der Waals surface area contributed by atoms with Crippen LogP contribution < -0.4 is 0 Å². The van der Waals surface area contributed by atoms with Gasteiger partial charge in [-0.1, -0.05) is 22.0 Å². The van der Waals surface area contributed by atoms with Crippen molar-refractivity contribution in [2.24, 2.45) is 5.92 Å². The third kappa shape index (κ3) is 2.60. The minimum absolute atomic E-state index is 0.221. The summed E-state index contributed by atoms with van der Waals surface area (Å²) in [7, 11) is 0. The molecule has 0 radical (unpaired) electrons. The Bertz CT molecular complexity index is 350. The Morgan fingerprint density at radius 3 is 2.87 bits per heavy atom. The molecule has 2 rings (SSSR count). The highest BCUT2D eigenvalue weighted by Gasteiger charge is 2.25. The average molecular weight is 338 g/mol. The maximum Gasteiger partial charge on any atom is 0.137 e. The molecule has 0 N–H and O–H groups in total. The van der Waals surface area contributed by atoms with Gasteiger partial charge in [0.15, 0.2) is 0 Å². The molecule has 1 aliphatic heterocycles. The Hall–Kier alpha value is 0.0700. The molecule has 2 atom stereocenters. The van der Waals surface area contributed by atoms with Gasteiger partial charge in [-0.2, -0.15) is 0 Å². The highest BCUT2D eigenvalue weighted by molar-refractivity contribution is 9.10. The molecule has 15 heavy (non-hydrogen) atoms. The van der Waals surface area contributed by atoms with Crippen LogP contribution in [0.25, 0.3) is 0 Å². The summed E-state index contributed by atoms with van der Waals surface area (Å²) in [6.45, 7) is 1.61. The Kier molecular flexibility index (Phi) is 3.80. The fourth-order valence-corrected chi connectivity index (χ4v) is 2.84. The maximum atomic E-state index is 13.1. The van der Waals surface area contributed by atoms with Crippen molar-refractivity contribution in [2.45, 2.75) is 11.2 Å². The SMILES string of the molecule is Fc1ccc(C(Br)C2CCOC2)cc1Br. The highest BCUT2D eigenvalue weighted by Crippen LogP contribution is 2.37. The average Bonchev–Trinajstić information content (AvgIpc) is 2.74. The first-order valence-electron chi connectivity index (χ1n) is 4.85. The Morgan fingerprint density at radius 1 is 1.47 bits per heavy atom. The quantitative estimate of drug-likeness (QED) is 0.739. The van der Waals surface area contributed by atoms with Gasteiger partial charge in [-0.15, -0.1) is 0 Å². The molecule has 0 aromatic heterocycles. The second kappa shape index (κ2) is 4.93. The zero-order valence-electron chi connectivity index (χ0n) is 8.05. The van der Waals surface area contributed by atoms with Gasteiger partial charge in [0.25, 0.3) is 0 Å². The molecule has 4 heteroatoms. The Morgan fingerprint density at radius 2 is 2.27 bits per heavy atom. The van der Waals surface area contributed by atoms with Crippen LogP contribution in [-0.4, -0.2) is 13.2 Å². The zero-order valence-corrected chi connectivity index (χ0v) is 11.2. The Balaban J connectivity index is 2.17. The van der Waals surface area contributed by atoms with Gasteiger partial charge in [0.2, 0.25) is 0 Å². The van der Waals surface area contributed by atoms with E-state index in [9.17, 15) is 4.39 Å². The van der Waals surface area contributed by atoms with Crippen molar-refractivity contribution in [3.05, 3.63) is 34.1 Å². The lowest BCUT2D eigenvalue weighted by Crippen LogP contribution is -2.07. The van der Waals surface area contributed by atoms with Crippen LogP contribution in [0.4, 0.5) is 4.39 Å². The predicted octanol–water partition coefficient (Wildman–Crippen LogP) is 4.06. The minimum atomic E-state index is -0.221. The van der Waals surface area contributed by atoms with Gasteiger partial charge in [0.1, 0.15) is 5.82 Å². The van der Waals surface area contributed by atoms with Crippen molar-refractivity contribution in [2.75, 3.05) is 13.2 Å². The monoisotopic (exact) mass is 336 g/mol. The zero-order chi connectivity index (χ0) is 10.8. The topological polar surface area (TPSA) is 9.23 Å². The molecule has 0 bridgehead atoms.